The highest BCUT2D eigenvalue weighted by Gasteiger charge is 2.04. The number of anilines is 1. The molecule has 0 spiro atoms. The van der Waals surface area contributed by atoms with Crippen molar-refractivity contribution >= 4 is 28.3 Å². The molecule has 0 aliphatic carbocycles. The van der Waals surface area contributed by atoms with Gasteiger partial charge in [-0.3, -0.25) is 0 Å². The Morgan fingerprint density at radius 1 is 1.36 bits per heavy atom. The average molecular weight is 168 g/mol. The second-order valence-electron chi connectivity index (χ2n) is 2.30. The van der Waals surface area contributed by atoms with E-state index in [1.54, 1.807) is 6.07 Å². The molecule has 0 aliphatic rings. The van der Waals surface area contributed by atoms with E-state index in [0.29, 0.717) is 10.7 Å². The minimum absolute atomic E-state index is 0.568. The smallest absolute Gasteiger partial charge is 0.137 e. The van der Waals surface area contributed by atoms with Gasteiger partial charge in [-0.15, -0.1) is 0 Å². The molecule has 1 aromatic carbocycles. The van der Waals surface area contributed by atoms with Gasteiger partial charge < -0.3 is 10.2 Å². The van der Waals surface area contributed by atoms with Gasteiger partial charge in [-0.25, -0.2) is 0 Å². The van der Waals surface area contributed by atoms with Gasteiger partial charge in [0.2, 0.25) is 0 Å². The lowest BCUT2D eigenvalue weighted by atomic mass is 10.2. The second kappa shape index (κ2) is 2.17. The Morgan fingerprint density at radius 2 is 2.18 bits per heavy atom. The van der Waals surface area contributed by atoms with Crippen molar-refractivity contribution in [2.24, 2.45) is 0 Å². The summed E-state index contributed by atoms with van der Waals surface area (Å²) in [6, 6.07) is 5.46. The monoisotopic (exact) mass is 167 g/mol. The van der Waals surface area contributed by atoms with Crippen LogP contribution in [0.3, 0.4) is 0 Å². The van der Waals surface area contributed by atoms with E-state index in [1.807, 2.05) is 12.1 Å². The molecule has 2 nitrogen and oxygen atoms in total. The van der Waals surface area contributed by atoms with Crippen LogP contribution in [0.25, 0.3) is 11.0 Å². The maximum Gasteiger partial charge on any atom is 0.137 e. The van der Waals surface area contributed by atoms with Gasteiger partial charge in [0.15, 0.2) is 0 Å². The topological polar surface area (TPSA) is 39.2 Å². The molecule has 0 radical (unpaired) electrons. The maximum absolute atomic E-state index is 5.80. The van der Waals surface area contributed by atoms with Gasteiger partial charge in [-0.05, 0) is 12.1 Å². The number of hydrogen-bond donors (Lipinski definition) is 1. The summed E-state index contributed by atoms with van der Waals surface area (Å²) in [5, 5.41) is 1.37. The van der Waals surface area contributed by atoms with Crippen LogP contribution in [0.15, 0.2) is 28.9 Å². The van der Waals surface area contributed by atoms with Gasteiger partial charge >= 0.3 is 0 Å². The molecule has 2 N–H and O–H groups in total. The molecule has 2 rings (SSSR count). The molecule has 0 amide bonds. The molecule has 1 heterocycles. The van der Waals surface area contributed by atoms with Crippen molar-refractivity contribution in [2.45, 2.75) is 0 Å². The van der Waals surface area contributed by atoms with Crippen LogP contribution in [0.4, 0.5) is 5.69 Å². The van der Waals surface area contributed by atoms with Gasteiger partial charge in [-0.2, -0.15) is 0 Å². The average Bonchev–Trinajstić information content (AvgIpc) is 2.34. The van der Waals surface area contributed by atoms with Crippen molar-refractivity contribution in [1.82, 2.24) is 0 Å². The van der Waals surface area contributed by atoms with Crippen LogP contribution >= 0.6 is 11.6 Å². The van der Waals surface area contributed by atoms with Crippen molar-refractivity contribution < 1.29 is 4.42 Å². The molecular weight excluding hydrogens is 162 g/mol. The molecule has 11 heavy (non-hydrogen) atoms. The highest BCUT2D eigenvalue weighted by atomic mass is 35.5. The summed E-state index contributed by atoms with van der Waals surface area (Å²) in [6.07, 6.45) is 1.49. The van der Waals surface area contributed by atoms with E-state index in [-0.39, 0.29) is 0 Å². The Labute approximate surface area is 68.6 Å². The summed E-state index contributed by atoms with van der Waals surface area (Å²) in [5.41, 5.74) is 7.04. The zero-order valence-corrected chi connectivity index (χ0v) is 6.43. The highest BCUT2D eigenvalue weighted by Crippen LogP contribution is 2.29. The SMILES string of the molecule is Nc1cccc2occ(Cl)c12. The molecule has 0 saturated carbocycles. The van der Waals surface area contributed by atoms with E-state index in [2.05, 4.69) is 0 Å². The van der Waals surface area contributed by atoms with E-state index in [1.165, 1.54) is 6.26 Å². The molecule has 0 bridgehead atoms. The van der Waals surface area contributed by atoms with Crippen molar-refractivity contribution in [3.8, 4) is 0 Å². The Morgan fingerprint density at radius 3 is 2.91 bits per heavy atom. The normalized spacial score (nSPS) is 10.6. The summed E-state index contributed by atoms with van der Waals surface area (Å²) >= 11 is 5.80. The molecule has 0 fully saturated rings. The molecule has 3 heteroatoms. The number of nitrogens with two attached hydrogens (primary N) is 1. The molecule has 2 aromatic rings. The van der Waals surface area contributed by atoms with Crippen LogP contribution in [0.1, 0.15) is 0 Å². The molecule has 56 valence electrons. The molecule has 0 atom stereocenters. The van der Waals surface area contributed by atoms with Crippen molar-refractivity contribution in [1.29, 1.82) is 0 Å². The Bertz CT molecular complexity index is 394. The predicted molar refractivity (Wildman–Crippen MR) is 45.6 cm³/mol. The predicted octanol–water partition coefficient (Wildman–Crippen LogP) is 2.67. The summed E-state index contributed by atoms with van der Waals surface area (Å²) < 4.78 is 5.12. The fraction of sp³-hybridized carbons (Fsp3) is 0. The minimum atomic E-state index is 0.568. The van der Waals surface area contributed by atoms with Crippen LogP contribution < -0.4 is 5.73 Å². The third-order valence-corrected chi connectivity index (χ3v) is 1.86. The fourth-order valence-corrected chi connectivity index (χ4v) is 1.32. The van der Waals surface area contributed by atoms with Gasteiger partial charge in [0, 0.05) is 5.69 Å². The first-order valence-corrected chi connectivity index (χ1v) is 3.58. The van der Waals surface area contributed by atoms with Crippen LogP contribution in [0.5, 0.6) is 0 Å². The lowest BCUT2D eigenvalue weighted by Gasteiger charge is -1.92. The zero-order chi connectivity index (χ0) is 7.84. The van der Waals surface area contributed by atoms with Crippen LogP contribution in [0, 0.1) is 0 Å². The Kier molecular flexibility index (Phi) is 1.29. The van der Waals surface area contributed by atoms with E-state index >= 15 is 0 Å². The molecule has 0 unspecified atom stereocenters. The van der Waals surface area contributed by atoms with E-state index < -0.39 is 0 Å². The molecule has 0 saturated heterocycles. The summed E-state index contributed by atoms with van der Waals surface area (Å²) in [6.45, 7) is 0. The van der Waals surface area contributed by atoms with Gasteiger partial charge in [0.25, 0.3) is 0 Å². The third kappa shape index (κ3) is 0.870. The van der Waals surface area contributed by atoms with E-state index in [9.17, 15) is 0 Å². The number of hydrogen-bond acceptors (Lipinski definition) is 2. The molecule has 0 aliphatic heterocycles. The first kappa shape index (κ1) is 6.55. The highest BCUT2D eigenvalue weighted by molar-refractivity contribution is 6.36. The quantitative estimate of drug-likeness (QED) is 0.613. The van der Waals surface area contributed by atoms with Crippen molar-refractivity contribution in [3.63, 3.8) is 0 Å². The Hall–Kier alpha value is -1.15. The third-order valence-electron chi connectivity index (χ3n) is 1.59. The summed E-state index contributed by atoms with van der Waals surface area (Å²) in [5.74, 6) is 0. The minimum Gasteiger partial charge on any atom is -0.463 e. The Balaban J connectivity index is 2.96. The molecule has 1 aromatic heterocycles. The lowest BCUT2D eigenvalue weighted by molar-refractivity contribution is 0.616. The first-order chi connectivity index (χ1) is 5.29. The number of furan rings is 1. The number of nitrogen functional groups attached to an aromatic ring is 1. The van der Waals surface area contributed by atoms with E-state index in [0.717, 1.165) is 11.0 Å². The van der Waals surface area contributed by atoms with Crippen LogP contribution in [-0.2, 0) is 0 Å². The standard InChI is InChI=1S/C8H6ClNO/c9-5-4-11-7-3-1-2-6(10)8(5)7/h1-4H,10H2. The number of fused-ring (bicyclic) bond motifs is 1. The van der Waals surface area contributed by atoms with Gasteiger partial charge in [-0.1, -0.05) is 17.7 Å². The van der Waals surface area contributed by atoms with Crippen LogP contribution in [-0.4, -0.2) is 0 Å². The largest absolute Gasteiger partial charge is 0.463 e. The van der Waals surface area contributed by atoms with Gasteiger partial charge in [0.1, 0.15) is 11.8 Å². The number of halogens is 1. The van der Waals surface area contributed by atoms with Crippen LogP contribution in [0.2, 0.25) is 5.02 Å². The lowest BCUT2D eigenvalue weighted by Crippen LogP contribution is -1.83. The molecular formula is C8H6ClNO. The summed E-state index contributed by atoms with van der Waals surface area (Å²) in [4.78, 5) is 0. The first-order valence-electron chi connectivity index (χ1n) is 3.20. The fourth-order valence-electron chi connectivity index (χ4n) is 1.08. The zero-order valence-electron chi connectivity index (χ0n) is 5.67. The van der Waals surface area contributed by atoms with Crippen molar-refractivity contribution in [2.75, 3.05) is 5.73 Å². The summed E-state index contributed by atoms with van der Waals surface area (Å²) in [7, 11) is 0. The second-order valence-corrected chi connectivity index (χ2v) is 2.71. The number of rotatable bonds is 0. The van der Waals surface area contributed by atoms with Crippen molar-refractivity contribution in [3.05, 3.63) is 29.5 Å². The maximum atomic E-state index is 5.80. The van der Waals surface area contributed by atoms with Gasteiger partial charge in [0.05, 0.1) is 10.4 Å². The van der Waals surface area contributed by atoms with E-state index in [4.69, 9.17) is 21.8 Å². The number of benzene rings is 1.